The third kappa shape index (κ3) is 1.86. The average molecular weight is 246 g/mol. The van der Waals surface area contributed by atoms with Crippen LogP contribution in [0.1, 0.15) is 20.8 Å². The normalized spacial score (nSPS) is 10.2. The average Bonchev–Trinajstić information content (AvgIpc) is 2.36. The topological polar surface area (TPSA) is 129 Å². The van der Waals surface area contributed by atoms with Gasteiger partial charge in [-0.15, -0.1) is 0 Å². The van der Waals surface area contributed by atoms with Gasteiger partial charge in [-0.3, -0.25) is 19.9 Å². The van der Waals surface area contributed by atoms with Crippen LogP contribution < -0.4 is 5.73 Å². The van der Waals surface area contributed by atoms with Crippen LogP contribution in [0.3, 0.4) is 0 Å². The Morgan fingerprint density at radius 2 is 2.11 bits per heavy atom. The number of primary amides is 1. The van der Waals surface area contributed by atoms with Crippen LogP contribution >= 0.6 is 0 Å². The van der Waals surface area contributed by atoms with E-state index in [4.69, 9.17) is 5.73 Å². The lowest BCUT2D eigenvalue weighted by molar-refractivity contribution is -0.375. The van der Waals surface area contributed by atoms with Gasteiger partial charge in [0.1, 0.15) is 16.2 Å². The smallest absolute Gasteiger partial charge is 0.364 e. The number of nitro groups is 1. The molecule has 0 bridgehead atoms. The summed E-state index contributed by atoms with van der Waals surface area (Å²) in [7, 11) is 0. The van der Waals surface area contributed by atoms with Crippen LogP contribution in [-0.2, 0) is 0 Å². The van der Waals surface area contributed by atoms with Crippen molar-refractivity contribution in [1.82, 2.24) is 9.97 Å². The molecule has 0 aliphatic rings. The van der Waals surface area contributed by atoms with Gasteiger partial charge in [0.25, 0.3) is 5.91 Å². The van der Waals surface area contributed by atoms with E-state index in [0.717, 1.165) is 6.07 Å². The Labute approximate surface area is 99.6 Å². The number of amides is 2. The molecule has 0 aliphatic carbocycles. The molecule has 2 rings (SSSR count). The molecule has 0 fully saturated rings. The monoisotopic (exact) mass is 246 g/mol. The van der Waals surface area contributed by atoms with Crippen LogP contribution in [0.15, 0.2) is 24.5 Å². The first-order valence-electron chi connectivity index (χ1n) is 4.74. The highest BCUT2D eigenvalue weighted by Crippen LogP contribution is 2.18. The Bertz CT molecular complexity index is 683. The number of nitrogens with two attached hydrogens (primary N) is 1. The summed E-state index contributed by atoms with van der Waals surface area (Å²) in [6.07, 6.45) is 2.66. The summed E-state index contributed by atoms with van der Waals surface area (Å²) < 4.78 is 0. The van der Waals surface area contributed by atoms with Crippen LogP contribution in [0.25, 0.3) is 10.9 Å². The van der Waals surface area contributed by atoms with Gasteiger partial charge in [-0.1, -0.05) is 0 Å². The second kappa shape index (κ2) is 4.17. The highest BCUT2D eigenvalue weighted by Gasteiger charge is 2.24. The van der Waals surface area contributed by atoms with Gasteiger partial charge in [-0.2, -0.15) is 0 Å². The van der Waals surface area contributed by atoms with E-state index < -0.39 is 16.7 Å². The zero-order chi connectivity index (χ0) is 13.3. The van der Waals surface area contributed by atoms with Crippen LogP contribution in [0.2, 0.25) is 0 Å². The van der Waals surface area contributed by atoms with Gasteiger partial charge in [0.2, 0.25) is 0 Å². The molecule has 0 aliphatic heterocycles. The Hall–Kier alpha value is -2.90. The minimum Gasteiger partial charge on any atom is -0.364 e. The molecule has 0 unspecified atom stereocenters. The van der Waals surface area contributed by atoms with E-state index in [1.54, 1.807) is 0 Å². The molecule has 0 aromatic carbocycles. The molecule has 18 heavy (non-hydrogen) atoms. The van der Waals surface area contributed by atoms with E-state index in [1.165, 1.54) is 18.5 Å². The van der Waals surface area contributed by atoms with E-state index in [1.807, 2.05) is 0 Å². The lowest BCUT2D eigenvalue weighted by Gasteiger charge is -2.02. The van der Waals surface area contributed by atoms with Crippen LogP contribution in [0, 0.1) is 10.1 Å². The second-order valence-corrected chi connectivity index (χ2v) is 3.37. The molecule has 2 aromatic rings. The summed E-state index contributed by atoms with van der Waals surface area (Å²) in [5.41, 5.74) is 4.83. The third-order valence-corrected chi connectivity index (χ3v) is 2.26. The number of aromatic nitrogens is 2. The molecule has 8 heteroatoms. The van der Waals surface area contributed by atoms with Gasteiger partial charge in [-0.25, -0.2) is 9.78 Å². The summed E-state index contributed by atoms with van der Waals surface area (Å²) in [5.74, 6) is -2.20. The van der Waals surface area contributed by atoms with E-state index in [9.17, 15) is 19.7 Å². The maximum atomic E-state index is 11.4. The first kappa shape index (κ1) is 11.6. The number of hydrogen-bond donors (Lipinski definition) is 1. The Balaban J connectivity index is 2.80. The van der Waals surface area contributed by atoms with E-state index >= 15 is 0 Å². The van der Waals surface area contributed by atoms with E-state index in [-0.39, 0.29) is 22.2 Å². The second-order valence-electron chi connectivity index (χ2n) is 3.37. The maximum absolute atomic E-state index is 11.4. The van der Waals surface area contributed by atoms with Gasteiger partial charge < -0.3 is 5.73 Å². The molecular weight excluding hydrogens is 240 g/mol. The predicted octanol–water partition coefficient (Wildman–Crippen LogP) is 0.146. The van der Waals surface area contributed by atoms with Crippen molar-refractivity contribution in [3.63, 3.8) is 0 Å². The van der Waals surface area contributed by atoms with Crippen molar-refractivity contribution >= 4 is 22.7 Å². The minimum absolute atomic E-state index is 0.198. The van der Waals surface area contributed by atoms with Gasteiger partial charge in [0, 0.05) is 17.8 Å². The fourth-order valence-electron chi connectivity index (χ4n) is 1.47. The van der Waals surface area contributed by atoms with Crippen molar-refractivity contribution < 1.29 is 14.5 Å². The molecule has 2 N–H and O–H groups in total. The highest BCUT2D eigenvalue weighted by molar-refractivity contribution is 6.05. The molecule has 90 valence electrons. The summed E-state index contributed by atoms with van der Waals surface area (Å²) in [4.78, 5) is 39.6. The number of pyridine rings is 2. The summed E-state index contributed by atoms with van der Waals surface area (Å²) in [6.45, 7) is 0. The van der Waals surface area contributed by atoms with Crippen molar-refractivity contribution in [2.24, 2.45) is 5.73 Å². The van der Waals surface area contributed by atoms with Crippen molar-refractivity contribution in [2.75, 3.05) is 0 Å². The summed E-state index contributed by atoms with van der Waals surface area (Å²) in [6, 6.07) is 2.43. The van der Waals surface area contributed by atoms with Crippen molar-refractivity contribution in [3.8, 4) is 0 Å². The zero-order valence-electron chi connectivity index (χ0n) is 8.86. The first-order chi connectivity index (χ1) is 8.50. The number of fused-ring (bicyclic) bond motifs is 1. The number of hydrogen-bond acceptors (Lipinski definition) is 6. The molecule has 0 saturated carbocycles. The zero-order valence-corrected chi connectivity index (χ0v) is 8.86. The van der Waals surface area contributed by atoms with Crippen molar-refractivity contribution in [3.05, 3.63) is 45.9 Å². The van der Waals surface area contributed by atoms with Crippen LogP contribution in [0.5, 0.6) is 0 Å². The fourth-order valence-corrected chi connectivity index (χ4v) is 1.47. The number of nitrogens with zero attached hydrogens (tertiary/aromatic N) is 3. The van der Waals surface area contributed by atoms with E-state index in [0.29, 0.717) is 0 Å². The molecule has 2 aromatic heterocycles. The molecule has 2 amide bonds. The fraction of sp³-hybridized carbons (Fsp3) is 0. The van der Waals surface area contributed by atoms with Crippen LogP contribution in [0.4, 0.5) is 0 Å². The Morgan fingerprint density at radius 3 is 2.72 bits per heavy atom. The third-order valence-electron chi connectivity index (χ3n) is 2.26. The number of rotatable bonds is 2. The number of carbonyl (C=O) groups excluding carboxylic acids is 2. The van der Waals surface area contributed by atoms with Gasteiger partial charge >= 0.3 is 5.91 Å². The molecule has 0 radical (unpaired) electrons. The van der Waals surface area contributed by atoms with Gasteiger partial charge in [-0.05, 0) is 12.1 Å². The van der Waals surface area contributed by atoms with Crippen LogP contribution in [-0.4, -0.2) is 26.7 Å². The number of carbonyl (C=O) groups is 2. The predicted molar refractivity (Wildman–Crippen MR) is 59.4 cm³/mol. The lowest BCUT2D eigenvalue weighted by atomic mass is 10.1. The van der Waals surface area contributed by atoms with Gasteiger partial charge in [0.05, 0.1) is 5.52 Å². The Kier molecular flexibility index (Phi) is 2.68. The SMILES string of the molecule is NC(=O)c1cc(C(=O)[N+](=O)[O-])c2cnccc2n1. The molecule has 0 atom stereocenters. The Morgan fingerprint density at radius 1 is 1.39 bits per heavy atom. The summed E-state index contributed by atoms with van der Waals surface area (Å²) >= 11 is 0. The highest BCUT2D eigenvalue weighted by atomic mass is 16.6. The molecule has 2 heterocycles. The largest absolute Gasteiger partial charge is 0.477 e. The maximum Gasteiger partial charge on any atom is 0.477 e. The molecule has 0 spiro atoms. The first-order valence-corrected chi connectivity index (χ1v) is 4.74. The minimum atomic E-state index is -1.34. The molecule has 8 nitrogen and oxygen atoms in total. The standard InChI is InChI=1S/C10H6N4O4/c11-9(15)8-3-5(10(16)14(17)18)6-4-12-2-1-7(6)13-8/h1-4H,(H2,11,15). The molecule has 0 saturated heterocycles. The van der Waals surface area contributed by atoms with Gasteiger partial charge in [0.15, 0.2) is 0 Å². The summed E-state index contributed by atoms with van der Waals surface area (Å²) in [5, 5.41) is 10.7. The lowest BCUT2D eigenvalue weighted by Crippen LogP contribution is -2.17. The quantitative estimate of drug-likeness (QED) is 0.592. The van der Waals surface area contributed by atoms with Crippen molar-refractivity contribution in [1.29, 1.82) is 0 Å². The van der Waals surface area contributed by atoms with Crippen molar-refractivity contribution in [2.45, 2.75) is 0 Å². The van der Waals surface area contributed by atoms with E-state index in [2.05, 4.69) is 9.97 Å². The molecular formula is C10H6N4O4.